The van der Waals surface area contributed by atoms with E-state index in [1.807, 2.05) is 0 Å². The highest BCUT2D eigenvalue weighted by molar-refractivity contribution is 7.88. The highest BCUT2D eigenvalue weighted by atomic mass is 32.2. The third kappa shape index (κ3) is 3.93. The highest BCUT2D eigenvalue weighted by Gasteiger charge is 2.90. The molecule has 0 saturated heterocycles. The molecular weight excluding hydrogens is 449 g/mol. The van der Waals surface area contributed by atoms with Crippen LogP contribution in [0.4, 0.5) is 48.3 Å². The molecule has 0 aliphatic heterocycles. The van der Waals surface area contributed by atoms with E-state index in [0.717, 1.165) is 0 Å². The minimum absolute atomic E-state index is 0.268. The zero-order valence-electron chi connectivity index (χ0n) is 13.9. The van der Waals surface area contributed by atoms with Crippen LogP contribution in [0.2, 0.25) is 18.1 Å². The molecule has 0 atom stereocenters. The van der Waals surface area contributed by atoms with Gasteiger partial charge in [-0.05, 0) is 18.1 Å². The van der Waals surface area contributed by atoms with Gasteiger partial charge in [0, 0.05) is 0 Å². The third-order valence-corrected chi connectivity index (χ3v) is 11.1. The molecule has 0 aromatic rings. The fraction of sp³-hybridized carbons (Fsp3) is 1.00. The van der Waals surface area contributed by atoms with Crippen LogP contribution in [-0.2, 0) is 14.0 Å². The Morgan fingerprint density at radius 1 is 0.667 bits per heavy atom. The summed E-state index contributed by atoms with van der Waals surface area (Å²) in [5.74, 6) is -23.1. The molecule has 0 rings (SSSR count). The van der Waals surface area contributed by atoms with Gasteiger partial charge in [-0.15, -0.1) is 0 Å². The van der Waals surface area contributed by atoms with E-state index in [9.17, 15) is 56.7 Å². The van der Waals surface area contributed by atoms with E-state index in [4.69, 9.17) is 0 Å². The minimum atomic E-state index is -7.80. The third-order valence-electron chi connectivity index (χ3n) is 4.04. The zero-order chi connectivity index (χ0) is 22.3. The van der Waals surface area contributed by atoms with Crippen molar-refractivity contribution in [3.05, 3.63) is 0 Å². The molecule has 0 aliphatic rings. The molecular formula is C11H15F11O3SSi. The van der Waals surface area contributed by atoms with Crippen LogP contribution in [-0.4, -0.2) is 45.9 Å². The van der Waals surface area contributed by atoms with E-state index in [-0.39, 0.29) is 18.1 Å². The monoisotopic (exact) mass is 464 g/mol. The summed E-state index contributed by atoms with van der Waals surface area (Å²) in [7, 11) is -10.7. The van der Waals surface area contributed by atoms with Crippen molar-refractivity contribution < 1.29 is 60.6 Å². The molecule has 0 radical (unpaired) electrons. The number of hydrogen-bond acceptors (Lipinski definition) is 3. The van der Waals surface area contributed by atoms with Crippen molar-refractivity contribution in [1.82, 2.24) is 0 Å². The van der Waals surface area contributed by atoms with Crippen molar-refractivity contribution >= 4 is 18.4 Å². The molecule has 3 nitrogen and oxygen atoms in total. The standard InChI is InChI=1S/C11H15F11O3SSi/c1-4-27(5-2,6-3)25-26(23,24)11(21,22)9(16,17)7(12,13)8(14,15)10(18,19)20/h4-6H2,1-3H3. The number of alkyl halides is 11. The maximum Gasteiger partial charge on any atom is 0.460 e. The van der Waals surface area contributed by atoms with Gasteiger partial charge in [-0.1, -0.05) is 20.8 Å². The molecule has 0 bridgehead atoms. The van der Waals surface area contributed by atoms with Crippen molar-refractivity contribution in [1.29, 1.82) is 0 Å². The Kier molecular flexibility index (Phi) is 7.14. The molecule has 0 fully saturated rings. The van der Waals surface area contributed by atoms with Gasteiger partial charge in [0.1, 0.15) is 0 Å². The molecule has 0 unspecified atom stereocenters. The Hall–Kier alpha value is -0.643. The first-order chi connectivity index (χ1) is 11.6. The quantitative estimate of drug-likeness (QED) is 0.339. The second-order valence-corrected chi connectivity index (χ2v) is 12.1. The maximum atomic E-state index is 13.7. The van der Waals surface area contributed by atoms with Crippen molar-refractivity contribution in [3.8, 4) is 0 Å². The topological polar surface area (TPSA) is 43.4 Å². The van der Waals surface area contributed by atoms with Crippen molar-refractivity contribution in [2.24, 2.45) is 0 Å². The molecule has 0 heterocycles. The Morgan fingerprint density at radius 2 is 1.00 bits per heavy atom. The van der Waals surface area contributed by atoms with Gasteiger partial charge in [-0.2, -0.15) is 56.7 Å². The maximum absolute atomic E-state index is 13.7. The van der Waals surface area contributed by atoms with Crippen LogP contribution >= 0.6 is 0 Å². The van der Waals surface area contributed by atoms with Gasteiger partial charge in [0.2, 0.25) is 8.32 Å². The molecule has 164 valence electrons. The lowest BCUT2D eigenvalue weighted by Crippen LogP contribution is -2.68. The fourth-order valence-corrected chi connectivity index (χ4v) is 7.56. The molecule has 27 heavy (non-hydrogen) atoms. The van der Waals surface area contributed by atoms with Gasteiger partial charge in [-0.25, -0.2) is 0 Å². The molecule has 0 saturated carbocycles. The predicted molar refractivity (Wildman–Crippen MR) is 73.0 cm³/mol. The van der Waals surface area contributed by atoms with E-state index in [1.54, 1.807) is 0 Å². The lowest BCUT2D eigenvalue weighted by atomic mass is 10.0. The normalized spacial score (nSPS) is 15.9. The van der Waals surface area contributed by atoms with Crippen LogP contribution in [0.5, 0.6) is 0 Å². The van der Waals surface area contributed by atoms with Crippen LogP contribution in [0.25, 0.3) is 0 Å². The van der Waals surface area contributed by atoms with E-state index in [0.29, 0.717) is 0 Å². The first kappa shape index (κ1) is 26.4. The van der Waals surface area contributed by atoms with Gasteiger partial charge in [0.25, 0.3) is 0 Å². The van der Waals surface area contributed by atoms with E-state index in [1.165, 1.54) is 20.8 Å². The lowest BCUT2D eigenvalue weighted by Gasteiger charge is -2.37. The molecule has 0 aromatic carbocycles. The van der Waals surface area contributed by atoms with Crippen LogP contribution in [0, 0.1) is 0 Å². The lowest BCUT2D eigenvalue weighted by molar-refractivity contribution is -0.413. The average Bonchev–Trinajstić information content (AvgIpc) is 2.50. The Bertz CT molecular complexity index is 618. The van der Waals surface area contributed by atoms with Crippen LogP contribution in [0.15, 0.2) is 0 Å². The molecule has 0 spiro atoms. The first-order valence-electron chi connectivity index (χ1n) is 7.17. The summed E-state index contributed by atoms with van der Waals surface area (Å²) in [5.41, 5.74) is 0. The SMILES string of the molecule is CC[Si](CC)(CC)OS(=O)(=O)C(F)(F)C(F)(F)C(F)(F)C(F)(F)C(F)(F)F. The minimum Gasteiger partial charge on any atom is -0.310 e. The van der Waals surface area contributed by atoms with Crippen molar-refractivity contribution in [2.75, 3.05) is 0 Å². The number of rotatable bonds is 9. The summed E-state index contributed by atoms with van der Waals surface area (Å²) in [4.78, 5) is 0. The van der Waals surface area contributed by atoms with Crippen LogP contribution in [0.1, 0.15) is 20.8 Å². The smallest absolute Gasteiger partial charge is 0.310 e. The van der Waals surface area contributed by atoms with E-state index >= 15 is 0 Å². The van der Waals surface area contributed by atoms with Crippen molar-refractivity contribution in [2.45, 2.75) is 68.1 Å². The van der Waals surface area contributed by atoms with Gasteiger partial charge in [-0.3, -0.25) is 0 Å². The van der Waals surface area contributed by atoms with Gasteiger partial charge >= 0.3 is 39.3 Å². The Balaban J connectivity index is 6.40. The predicted octanol–water partition coefficient (Wildman–Crippen LogP) is 5.40. The zero-order valence-corrected chi connectivity index (χ0v) is 15.7. The summed E-state index contributed by atoms with van der Waals surface area (Å²) in [6, 6.07) is -0.804. The van der Waals surface area contributed by atoms with E-state index in [2.05, 4.69) is 3.87 Å². The molecule has 0 aliphatic carbocycles. The van der Waals surface area contributed by atoms with Gasteiger partial charge in [0.05, 0.1) is 0 Å². The summed E-state index contributed by atoms with van der Waals surface area (Å²) in [5, 5.41) is -7.07. The Labute approximate surface area is 148 Å². The molecule has 0 aromatic heterocycles. The van der Waals surface area contributed by atoms with Crippen LogP contribution in [0.3, 0.4) is 0 Å². The second kappa shape index (κ2) is 7.31. The largest absolute Gasteiger partial charge is 0.460 e. The summed E-state index contributed by atoms with van der Waals surface area (Å²) in [6.45, 7) is 3.66. The highest BCUT2D eigenvalue weighted by Crippen LogP contribution is 2.58. The summed E-state index contributed by atoms with van der Waals surface area (Å²) in [6.07, 6.45) is -7.37. The van der Waals surface area contributed by atoms with Gasteiger partial charge < -0.3 is 3.87 Å². The summed E-state index contributed by atoms with van der Waals surface area (Å²) < 4.78 is 169. The number of halogens is 11. The molecule has 0 amide bonds. The van der Waals surface area contributed by atoms with Gasteiger partial charge in [0.15, 0.2) is 0 Å². The first-order valence-corrected chi connectivity index (χ1v) is 11.1. The van der Waals surface area contributed by atoms with Crippen molar-refractivity contribution in [3.63, 3.8) is 0 Å². The summed E-state index contributed by atoms with van der Waals surface area (Å²) >= 11 is 0. The van der Waals surface area contributed by atoms with E-state index < -0.39 is 47.6 Å². The van der Waals surface area contributed by atoms with Crippen LogP contribution < -0.4 is 0 Å². The average molecular weight is 464 g/mol. The fourth-order valence-electron chi connectivity index (χ4n) is 1.93. The molecule has 0 N–H and O–H groups in total. The number of hydrogen-bond donors (Lipinski definition) is 0. The molecule has 16 heteroatoms. The Morgan fingerprint density at radius 3 is 1.26 bits per heavy atom. The second-order valence-electron chi connectivity index (χ2n) is 5.52.